The van der Waals surface area contributed by atoms with Crippen LogP contribution < -0.4 is 5.32 Å². The van der Waals surface area contributed by atoms with Gasteiger partial charge < -0.3 is 45.1 Å². The van der Waals surface area contributed by atoms with Gasteiger partial charge in [0, 0.05) is 6.42 Å². The molecule has 1 heterocycles. The Balaban J connectivity index is 2.62. The van der Waals surface area contributed by atoms with Crippen LogP contribution in [-0.4, -0.2) is 99.6 Å². The van der Waals surface area contributed by atoms with Crippen molar-refractivity contribution in [1.82, 2.24) is 5.32 Å². The van der Waals surface area contributed by atoms with E-state index in [-0.39, 0.29) is 13.0 Å². The SMILES string of the molecule is CCCCC/C=C\C/C=C\CCCCCCCCCCCCCC(=O)OC1C(OCC(NC(=O)C(O)CCCCCCCCCCCCCCCCCC)C(O)/C=C/CCCCCCCCCCCCC)OC(CO)C(O)C1O. The third-order valence-corrected chi connectivity index (χ3v) is 16.0. The van der Waals surface area contributed by atoms with Crippen LogP contribution in [0.1, 0.15) is 323 Å². The molecular formula is C68H127NO10. The highest BCUT2D eigenvalue weighted by molar-refractivity contribution is 5.80. The number of aliphatic hydroxyl groups is 5. The highest BCUT2D eigenvalue weighted by Gasteiger charge is 2.47. The Labute approximate surface area is 485 Å². The molecule has 0 aromatic carbocycles. The van der Waals surface area contributed by atoms with Crippen molar-refractivity contribution < 1.29 is 49.3 Å². The minimum atomic E-state index is -1.61. The quantitative estimate of drug-likeness (QED) is 0.0195. The van der Waals surface area contributed by atoms with Gasteiger partial charge in [-0.1, -0.05) is 295 Å². The molecule has 6 N–H and O–H groups in total. The Bertz CT molecular complexity index is 1420. The smallest absolute Gasteiger partial charge is 0.306 e. The largest absolute Gasteiger partial charge is 0.454 e. The number of rotatable bonds is 58. The molecule has 8 atom stereocenters. The first kappa shape index (κ1) is 74.9. The van der Waals surface area contributed by atoms with Crippen LogP contribution >= 0.6 is 0 Å². The zero-order chi connectivity index (χ0) is 57.5. The molecule has 79 heavy (non-hydrogen) atoms. The number of esters is 1. The molecule has 1 rings (SSSR count). The summed E-state index contributed by atoms with van der Waals surface area (Å²) < 4.78 is 17.7. The van der Waals surface area contributed by atoms with Crippen molar-refractivity contribution in [1.29, 1.82) is 0 Å². The van der Waals surface area contributed by atoms with Gasteiger partial charge in [-0.15, -0.1) is 0 Å². The van der Waals surface area contributed by atoms with Crippen LogP contribution in [0.15, 0.2) is 36.5 Å². The molecule has 1 amide bonds. The predicted octanol–water partition coefficient (Wildman–Crippen LogP) is 16.6. The summed E-state index contributed by atoms with van der Waals surface area (Å²) in [5.41, 5.74) is 0. The maximum atomic E-state index is 13.4. The van der Waals surface area contributed by atoms with Crippen LogP contribution in [0.5, 0.6) is 0 Å². The topological polar surface area (TPSA) is 175 Å². The monoisotopic (exact) mass is 1120 g/mol. The van der Waals surface area contributed by atoms with Gasteiger partial charge in [0.25, 0.3) is 0 Å². The molecule has 0 aromatic rings. The van der Waals surface area contributed by atoms with Crippen LogP contribution in [0.2, 0.25) is 0 Å². The van der Waals surface area contributed by atoms with Gasteiger partial charge >= 0.3 is 5.97 Å². The van der Waals surface area contributed by atoms with Crippen molar-refractivity contribution in [2.24, 2.45) is 0 Å². The average molecular weight is 1120 g/mol. The summed E-state index contributed by atoms with van der Waals surface area (Å²) in [4.78, 5) is 26.6. The average Bonchev–Trinajstić information content (AvgIpc) is 3.49. The van der Waals surface area contributed by atoms with Gasteiger partial charge in [0.2, 0.25) is 5.91 Å². The fraction of sp³-hybridized carbons (Fsp3) is 0.882. The molecule has 11 nitrogen and oxygen atoms in total. The number of aliphatic hydroxyl groups excluding tert-OH is 5. The van der Waals surface area contributed by atoms with E-state index in [0.717, 1.165) is 64.2 Å². The molecule has 8 unspecified atom stereocenters. The van der Waals surface area contributed by atoms with Gasteiger partial charge in [-0.05, 0) is 57.8 Å². The third-order valence-electron chi connectivity index (χ3n) is 16.0. The second-order valence-corrected chi connectivity index (χ2v) is 23.6. The molecule has 1 aliphatic heterocycles. The fourth-order valence-corrected chi connectivity index (χ4v) is 10.7. The minimum Gasteiger partial charge on any atom is -0.454 e. The molecule has 464 valence electrons. The lowest BCUT2D eigenvalue weighted by Crippen LogP contribution is -2.61. The second-order valence-electron chi connectivity index (χ2n) is 23.6. The lowest BCUT2D eigenvalue weighted by atomic mass is 9.99. The van der Waals surface area contributed by atoms with Gasteiger partial charge in [0.1, 0.15) is 24.4 Å². The summed E-state index contributed by atoms with van der Waals surface area (Å²) in [6, 6.07) is -1.02. The van der Waals surface area contributed by atoms with Crippen molar-refractivity contribution in [2.45, 2.75) is 372 Å². The number of hydrogen-bond donors (Lipinski definition) is 6. The molecule has 0 radical (unpaired) electrons. The van der Waals surface area contributed by atoms with E-state index in [0.29, 0.717) is 19.3 Å². The van der Waals surface area contributed by atoms with Crippen LogP contribution in [0.3, 0.4) is 0 Å². The molecule has 1 aliphatic rings. The van der Waals surface area contributed by atoms with Crippen molar-refractivity contribution >= 4 is 11.9 Å². The van der Waals surface area contributed by atoms with Crippen molar-refractivity contribution in [3.63, 3.8) is 0 Å². The van der Waals surface area contributed by atoms with Crippen molar-refractivity contribution in [2.75, 3.05) is 13.2 Å². The van der Waals surface area contributed by atoms with Crippen molar-refractivity contribution in [3.8, 4) is 0 Å². The number of carbonyl (C=O) groups excluding carboxylic acids is 2. The summed E-state index contributed by atoms with van der Waals surface area (Å²) >= 11 is 0. The zero-order valence-electron chi connectivity index (χ0n) is 51.5. The van der Waals surface area contributed by atoms with Crippen LogP contribution in [-0.2, 0) is 23.8 Å². The van der Waals surface area contributed by atoms with E-state index in [1.165, 1.54) is 212 Å². The van der Waals surface area contributed by atoms with Crippen LogP contribution in [0.4, 0.5) is 0 Å². The summed E-state index contributed by atoms with van der Waals surface area (Å²) in [7, 11) is 0. The Kier molecular flexibility index (Phi) is 53.4. The maximum Gasteiger partial charge on any atom is 0.306 e. The molecule has 0 saturated carbocycles. The van der Waals surface area contributed by atoms with Crippen molar-refractivity contribution in [3.05, 3.63) is 36.5 Å². The molecule has 1 fully saturated rings. The Morgan fingerprint density at radius 1 is 0.494 bits per heavy atom. The number of allylic oxidation sites excluding steroid dienone is 5. The lowest BCUT2D eigenvalue weighted by Gasteiger charge is -2.41. The number of ether oxygens (including phenoxy) is 3. The second kappa shape index (κ2) is 56.4. The van der Waals surface area contributed by atoms with Gasteiger partial charge in [-0.3, -0.25) is 9.59 Å². The molecule has 0 bridgehead atoms. The van der Waals surface area contributed by atoms with E-state index in [1.54, 1.807) is 6.08 Å². The number of unbranched alkanes of at least 4 members (excludes halogenated alkanes) is 40. The Hall–Kier alpha value is -2.12. The molecule has 0 aliphatic carbocycles. The zero-order valence-corrected chi connectivity index (χ0v) is 51.5. The highest BCUT2D eigenvalue weighted by Crippen LogP contribution is 2.26. The standard InChI is InChI=1S/C68H127NO10/c1-4-7-10-13-16-19-22-25-27-29-30-31-32-33-35-38-41-44-47-50-53-56-63(73)79-66-65(75)64(74)62(57-70)78-68(66)77-58-59(60(71)54-51-48-45-42-39-36-24-21-18-15-12-9-6-3)69-67(76)61(72)55-52-49-46-43-40-37-34-28-26-23-20-17-14-11-8-5-2/h16,19,25,27,51,54,59-62,64-66,68,70-72,74-75H,4-15,17-18,20-24,26,28-50,52-53,55-58H2,1-3H3,(H,69,76)/b19-16-,27-25-,54-51+. The van der Waals surface area contributed by atoms with E-state index in [2.05, 4.69) is 50.4 Å². The van der Waals surface area contributed by atoms with E-state index in [1.807, 2.05) is 6.08 Å². The summed E-state index contributed by atoms with van der Waals surface area (Å²) in [5, 5.41) is 57.1. The normalized spacial score (nSPS) is 19.0. The first-order valence-corrected chi connectivity index (χ1v) is 33.8. The molecule has 1 saturated heterocycles. The minimum absolute atomic E-state index is 0.124. The predicted molar refractivity (Wildman–Crippen MR) is 329 cm³/mol. The van der Waals surface area contributed by atoms with E-state index in [4.69, 9.17) is 14.2 Å². The van der Waals surface area contributed by atoms with Gasteiger partial charge in [0.15, 0.2) is 12.4 Å². The lowest BCUT2D eigenvalue weighted by molar-refractivity contribution is -0.305. The van der Waals surface area contributed by atoms with Crippen LogP contribution in [0, 0.1) is 0 Å². The molecule has 0 spiro atoms. The van der Waals surface area contributed by atoms with Crippen LogP contribution in [0.25, 0.3) is 0 Å². The number of nitrogens with one attached hydrogen (secondary N) is 1. The van der Waals surface area contributed by atoms with E-state index >= 15 is 0 Å². The number of carbonyl (C=O) groups is 2. The third kappa shape index (κ3) is 44.1. The fourth-order valence-electron chi connectivity index (χ4n) is 10.7. The molecule has 11 heteroatoms. The summed E-state index contributed by atoms with van der Waals surface area (Å²) in [5.74, 6) is -1.18. The molecular weight excluding hydrogens is 991 g/mol. The molecule has 0 aromatic heterocycles. The summed E-state index contributed by atoms with van der Waals surface area (Å²) in [6.07, 6.45) is 57.5. The van der Waals surface area contributed by atoms with E-state index in [9.17, 15) is 35.1 Å². The first-order valence-electron chi connectivity index (χ1n) is 33.8. The number of amides is 1. The first-order chi connectivity index (χ1) is 38.7. The summed E-state index contributed by atoms with van der Waals surface area (Å²) in [6.45, 7) is 5.81. The highest BCUT2D eigenvalue weighted by atomic mass is 16.7. The van der Waals surface area contributed by atoms with Gasteiger partial charge in [-0.25, -0.2) is 0 Å². The number of hydrogen-bond acceptors (Lipinski definition) is 10. The Morgan fingerprint density at radius 3 is 1.32 bits per heavy atom. The van der Waals surface area contributed by atoms with Gasteiger partial charge in [0.05, 0.1) is 25.4 Å². The maximum absolute atomic E-state index is 13.4. The Morgan fingerprint density at radius 2 is 0.873 bits per heavy atom. The van der Waals surface area contributed by atoms with Gasteiger partial charge in [-0.2, -0.15) is 0 Å². The van der Waals surface area contributed by atoms with E-state index < -0.39 is 67.4 Å².